The maximum atomic E-state index is 12.4. The molecule has 1 N–H and O–H groups in total. The molecule has 0 aliphatic carbocycles. The lowest BCUT2D eigenvalue weighted by atomic mass is 10.1. The number of ether oxygens (including phenoxy) is 1. The number of esters is 1. The van der Waals surface area contributed by atoms with E-state index >= 15 is 0 Å². The number of aromatic amines is 1. The summed E-state index contributed by atoms with van der Waals surface area (Å²) < 4.78 is 5.51. The Kier molecular flexibility index (Phi) is 4.35. The molecule has 24 heavy (non-hydrogen) atoms. The average Bonchev–Trinajstić information content (AvgIpc) is 3.24. The summed E-state index contributed by atoms with van der Waals surface area (Å²) >= 11 is 1.20. The summed E-state index contributed by atoms with van der Waals surface area (Å²) in [7, 11) is 0. The van der Waals surface area contributed by atoms with Crippen LogP contribution in [-0.2, 0) is 4.74 Å². The maximum absolute atomic E-state index is 12.4. The van der Waals surface area contributed by atoms with Crippen molar-refractivity contribution in [1.29, 1.82) is 5.26 Å². The lowest BCUT2D eigenvalue weighted by molar-refractivity contribution is 0.0342. The monoisotopic (exact) mass is 339 g/mol. The zero-order valence-corrected chi connectivity index (χ0v) is 13.8. The first-order chi connectivity index (χ1) is 11.6. The summed E-state index contributed by atoms with van der Waals surface area (Å²) in [6.07, 6.45) is 0.912. The summed E-state index contributed by atoms with van der Waals surface area (Å²) in [5.74, 6) is 0.0579. The van der Waals surface area contributed by atoms with Crippen molar-refractivity contribution in [3.63, 3.8) is 0 Å². The number of nitriles is 1. The summed E-state index contributed by atoms with van der Waals surface area (Å²) in [5.41, 5.74) is 1.87. The third-order valence-electron chi connectivity index (χ3n) is 3.37. The van der Waals surface area contributed by atoms with Crippen LogP contribution in [0.2, 0.25) is 0 Å². The molecule has 8 heteroatoms. The highest BCUT2D eigenvalue weighted by Crippen LogP contribution is 2.27. The number of hydrogen-bond acceptors (Lipinski definition) is 7. The van der Waals surface area contributed by atoms with Crippen LogP contribution >= 0.6 is 11.3 Å². The smallest absolute Gasteiger partial charge is 0.350 e. The Morgan fingerprint density at radius 3 is 3.00 bits per heavy atom. The zero-order valence-electron chi connectivity index (χ0n) is 13.0. The minimum atomic E-state index is -0.471. The number of rotatable bonds is 4. The van der Waals surface area contributed by atoms with Crippen molar-refractivity contribution in [3.8, 4) is 16.9 Å². The van der Waals surface area contributed by atoms with E-state index in [-0.39, 0.29) is 0 Å². The fraction of sp³-hybridized carbons (Fsp3) is 0.188. The Bertz CT molecular complexity index is 911. The summed E-state index contributed by atoms with van der Waals surface area (Å²) in [4.78, 5) is 21.2. The van der Waals surface area contributed by atoms with Gasteiger partial charge in [-0.05, 0) is 31.5 Å². The van der Waals surface area contributed by atoms with Crippen molar-refractivity contribution in [2.75, 3.05) is 0 Å². The van der Waals surface area contributed by atoms with E-state index in [2.05, 4.69) is 26.2 Å². The molecule has 7 nitrogen and oxygen atoms in total. The van der Waals surface area contributed by atoms with E-state index in [1.165, 1.54) is 17.7 Å². The molecular formula is C16H13N5O2S. The number of thiazole rings is 1. The number of H-pyrrole nitrogens is 1. The second kappa shape index (κ2) is 6.60. The van der Waals surface area contributed by atoms with Crippen LogP contribution in [0.4, 0.5) is 0 Å². The highest BCUT2D eigenvalue weighted by Gasteiger charge is 2.21. The number of benzene rings is 1. The topological polar surface area (TPSA) is 105 Å². The lowest BCUT2D eigenvalue weighted by Gasteiger charge is -2.13. The van der Waals surface area contributed by atoms with Gasteiger partial charge in [0.1, 0.15) is 17.3 Å². The van der Waals surface area contributed by atoms with Crippen LogP contribution in [-0.4, -0.2) is 26.1 Å². The average molecular weight is 339 g/mol. The molecule has 0 saturated heterocycles. The van der Waals surface area contributed by atoms with Gasteiger partial charge >= 0.3 is 5.97 Å². The highest BCUT2D eigenvalue weighted by molar-refractivity contribution is 7.16. The Balaban J connectivity index is 1.78. The first-order valence-electron chi connectivity index (χ1n) is 7.12. The predicted molar refractivity (Wildman–Crippen MR) is 87.2 cm³/mol. The largest absolute Gasteiger partial charge is 0.454 e. The molecule has 2 aromatic heterocycles. The third-order valence-corrected chi connectivity index (χ3v) is 4.51. The van der Waals surface area contributed by atoms with Crippen LogP contribution in [0.3, 0.4) is 0 Å². The molecule has 0 aliphatic heterocycles. The van der Waals surface area contributed by atoms with E-state index in [4.69, 9.17) is 10.00 Å². The Morgan fingerprint density at radius 1 is 1.46 bits per heavy atom. The van der Waals surface area contributed by atoms with Gasteiger partial charge in [-0.25, -0.2) is 14.8 Å². The minimum absolute atomic E-state index is 0.421. The number of nitrogens with zero attached hydrogens (tertiary/aromatic N) is 4. The first-order valence-corrected chi connectivity index (χ1v) is 7.94. The molecule has 3 rings (SSSR count). The maximum Gasteiger partial charge on any atom is 0.350 e. The van der Waals surface area contributed by atoms with Gasteiger partial charge in [-0.3, -0.25) is 5.10 Å². The third kappa shape index (κ3) is 3.16. The lowest BCUT2D eigenvalue weighted by Crippen LogP contribution is -2.09. The molecule has 0 spiro atoms. The zero-order chi connectivity index (χ0) is 17.1. The second-order valence-electron chi connectivity index (χ2n) is 5.05. The van der Waals surface area contributed by atoms with Crippen LogP contribution in [0.25, 0.3) is 10.8 Å². The fourth-order valence-electron chi connectivity index (χ4n) is 2.14. The van der Waals surface area contributed by atoms with Gasteiger partial charge < -0.3 is 4.74 Å². The molecule has 0 radical (unpaired) electrons. The van der Waals surface area contributed by atoms with Gasteiger partial charge in [0.15, 0.2) is 10.8 Å². The number of nitrogens with one attached hydrogen (secondary N) is 1. The Morgan fingerprint density at radius 2 is 2.29 bits per heavy atom. The quantitative estimate of drug-likeness (QED) is 0.733. The molecular weight excluding hydrogens is 326 g/mol. The number of carbonyl (C=O) groups is 1. The molecule has 1 aromatic carbocycles. The van der Waals surface area contributed by atoms with E-state index in [1.807, 2.05) is 6.07 Å². The summed E-state index contributed by atoms with van der Waals surface area (Å²) in [6.45, 7) is 3.51. The summed E-state index contributed by atoms with van der Waals surface area (Å²) in [5, 5.41) is 16.0. The van der Waals surface area contributed by atoms with Crippen molar-refractivity contribution in [1.82, 2.24) is 20.2 Å². The van der Waals surface area contributed by atoms with Crippen LogP contribution in [0.15, 0.2) is 30.6 Å². The predicted octanol–water partition coefficient (Wildman–Crippen LogP) is 3.03. The Labute approximate surface area is 142 Å². The molecule has 2 heterocycles. The van der Waals surface area contributed by atoms with Crippen LogP contribution < -0.4 is 0 Å². The fourth-order valence-corrected chi connectivity index (χ4v) is 3.03. The SMILES string of the molecule is Cc1nc(-c2ncn[nH]2)sc1C(=O)O[C@H](C)c1cccc(C#N)c1. The standard InChI is InChI=1S/C16H13N5O2S/c1-9-13(24-15(20-9)14-18-8-19-21-14)16(22)23-10(2)12-5-3-4-11(6-12)7-17/h3-6,8,10H,1-2H3,(H,18,19,21)/t10-/m1/s1. The molecule has 3 aromatic rings. The van der Waals surface area contributed by atoms with E-state index in [0.29, 0.717) is 27.0 Å². The number of aromatic nitrogens is 4. The van der Waals surface area contributed by atoms with Crippen LogP contribution in [0.5, 0.6) is 0 Å². The van der Waals surface area contributed by atoms with Gasteiger partial charge in [0.2, 0.25) is 0 Å². The van der Waals surface area contributed by atoms with E-state index in [1.54, 1.807) is 32.0 Å². The highest BCUT2D eigenvalue weighted by atomic mass is 32.1. The van der Waals surface area contributed by atoms with Crippen molar-refractivity contribution in [3.05, 3.63) is 52.3 Å². The first kappa shape index (κ1) is 15.8. The molecule has 0 unspecified atom stereocenters. The number of hydrogen-bond donors (Lipinski definition) is 1. The van der Waals surface area contributed by atoms with Gasteiger partial charge in [-0.2, -0.15) is 10.4 Å². The number of carbonyl (C=O) groups excluding carboxylic acids is 1. The van der Waals surface area contributed by atoms with E-state index in [0.717, 1.165) is 5.56 Å². The Hall–Kier alpha value is -3.05. The molecule has 0 bridgehead atoms. The van der Waals surface area contributed by atoms with Gasteiger partial charge in [0.25, 0.3) is 0 Å². The van der Waals surface area contributed by atoms with Gasteiger partial charge in [0.05, 0.1) is 17.3 Å². The second-order valence-corrected chi connectivity index (χ2v) is 6.05. The molecule has 120 valence electrons. The normalized spacial score (nSPS) is 11.7. The molecule has 0 saturated carbocycles. The van der Waals surface area contributed by atoms with Crippen LogP contribution in [0, 0.1) is 18.3 Å². The van der Waals surface area contributed by atoms with Gasteiger partial charge in [-0.15, -0.1) is 11.3 Å². The van der Waals surface area contributed by atoms with Gasteiger partial charge in [0, 0.05) is 0 Å². The van der Waals surface area contributed by atoms with Crippen molar-refractivity contribution < 1.29 is 9.53 Å². The molecule has 0 amide bonds. The van der Waals surface area contributed by atoms with Crippen LogP contribution in [0.1, 0.15) is 39.5 Å². The van der Waals surface area contributed by atoms with Crippen molar-refractivity contribution in [2.45, 2.75) is 20.0 Å². The summed E-state index contributed by atoms with van der Waals surface area (Å²) in [6, 6.07) is 9.06. The van der Waals surface area contributed by atoms with Gasteiger partial charge in [-0.1, -0.05) is 12.1 Å². The number of aryl methyl sites for hydroxylation is 1. The van der Waals surface area contributed by atoms with E-state index < -0.39 is 12.1 Å². The minimum Gasteiger partial charge on any atom is -0.454 e. The van der Waals surface area contributed by atoms with Crippen molar-refractivity contribution >= 4 is 17.3 Å². The molecule has 0 fully saturated rings. The van der Waals surface area contributed by atoms with Crippen molar-refractivity contribution in [2.24, 2.45) is 0 Å². The molecule has 0 aliphatic rings. The molecule has 1 atom stereocenters. The van der Waals surface area contributed by atoms with E-state index in [9.17, 15) is 4.79 Å².